The minimum atomic E-state index is -0.491. The van der Waals surface area contributed by atoms with Crippen LogP contribution in [0.4, 0.5) is 4.39 Å². The highest BCUT2D eigenvalue weighted by molar-refractivity contribution is 5.94. The van der Waals surface area contributed by atoms with E-state index in [1.165, 1.54) is 18.3 Å². The molecule has 5 nitrogen and oxygen atoms in total. The van der Waals surface area contributed by atoms with Crippen LogP contribution in [0.3, 0.4) is 0 Å². The lowest BCUT2D eigenvalue weighted by atomic mass is 10.0. The lowest BCUT2D eigenvalue weighted by molar-refractivity contribution is 0.0752. The number of nitrogens with zero attached hydrogens (tertiary/aromatic N) is 4. The normalized spacial score (nSPS) is 12.0. The molecule has 24 heavy (non-hydrogen) atoms. The maximum absolute atomic E-state index is 13.7. The summed E-state index contributed by atoms with van der Waals surface area (Å²) in [7, 11) is 3.43. The molecule has 3 aromatic rings. The van der Waals surface area contributed by atoms with Crippen LogP contribution >= 0.6 is 0 Å². The van der Waals surface area contributed by atoms with Gasteiger partial charge in [0.1, 0.15) is 5.82 Å². The Labute approximate surface area is 139 Å². The van der Waals surface area contributed by atoms with Crippen molar-refractivity contribution in [1.82, 2.24) is 19.7 Å². The van der Waals surface area contributed by atoms with Crippen LogP contribution < -0.4 is 0 Å². The fraction of sp³-hybridized carbons (Fsp3) is 0.167. The van der Waals surface area contributed by atoms with Crippen molar-refractivity contribution >= 4 is 5.91 Å². The van der Waals surface area contributed by atoms with E-state index in [0.717, 1.165) is 0 Å². The van der Waals surface area contributed by atoms with Gasteiger partial charge >= 0.3 is 0 Å². The maximum Gasteiger partial charge on any atom is 0.257 e. The van der Waals surface area contributed by atoms with E-state index >= 15 is 0 Å². The summed E-state index contributed by atoms with van der Waals surface area (Å²) in [6.07, 6.45) is 4.82. The Kier molecular flexibility index (Phi) is 4.37. The van der Waals surface area contributed by atoms with Gasteiger partial charge in [-0.3, -0.25) is 14.5 Å². The summed E-state index contributed by atoms with van der Waals surface area (Å²) in [6.45, 7) is 0. The molecule has 0 radical (unpaired) electrons. The minimum absolute atomic E-state index is 0.206. The second-order valence-electron chi connectivity index (χ2n) is 5.53. The van der Waals surface area contributed by atoms with Crippen molar-refractivity contribution in [2.45, 2.75) is 6.04 Å². The smallest absolute Gasteiger partial charge is 0.257 e. The van der Waals surface area contributed by atoms with Crippen molar-refractivity contribution in [3.05, 3.63) is 83.7 Å². The number of aryl methyl sites for hydroxylation is 1. The highest BCUT2D eigenvalue weighted by atomic mass is 19.1. The van der Waals surface area contributed by atoms with Gasteiger partial charge in [-0.15, -0.1) is 0 Å². The Morgan fingerprint density at radius 3 is 2.71 bits per heavy atom. The Balaban J connectivity index is 2.02. The average molecular weight is 324 g/mol. The molecule has 6 heteroatoms. The highest BCUT2D eigenvalue weighted by Gasteiger charge is 2.26. The third-order valence-corrected chi connectivity index (χ3v) is 3.79. The second-order valence-corrected chi connectivity index (χ2v) is 5.53. The Hall–Kier alpha value is -3.02. The Morgan fingerprint density at radius 1 is 1.25 bits per heavy atom. The Bertz CT molecular complexity index is 847. The minimum Gasteiger partial charge on any atom is -0.329 e. The van der Waals surface area contributed by atoms with E-state index in [4.69, 9.17) is 0 Å². The van der Waals surface area contributed by atoms with Crippen LogP contribution in [0, 0.1) is 5.82 Å². The summed E-state index contributed by atoms with van der Waals surface area (Å²) in [5.41, 5.74) is 1.80. The number of aromatic nitrogens is 3. The van der Waals surface area contributed by atoms with Crippen molar-refractivity contribution < 1.29 is 9.18 Å². The highest BCUT2D eigenvalue weighted by Crippen LogP contribution is 2.27. The fourth-order valence-corrected chi connectivity index (χ4v) is 2.66. The zero-order valence-electron chi connectivity index (χ0n) is 13.4. The topological polar surface area (TPSA) is 51.0 Å². The molecule has 2 aromatic heterocycles. The maximum atomic E-state index is 13.7. The van der Waals surface area contributed by atoms with E-state index in [-0.39, 0.29) is 11.7 Å². The molecule has 122 valence electrons. The molecule has 1 atom stereocenters. The molecule has 1 amide bonds. The summed E-state index contributed by atoms with van der Waals surface area (Å²) < 4.78 is 15.3. The van der Waals surface area contributed by atoms with Crippen LogP contribution in [0.2, 0.25) is 0 Å². The first kappa shape index (κ1) is 15.9. The third-order valence-electron chi connectivity index (χ3n) is 3.79. The molecule has 0 saturated carbocycles. The summed E-state index contributed by atoms with van der Waals surface area (Å²) in [6, 6.07) is 11.2. The molecule has 2 heterocycles. The zero-order valence-corrected chi connectivity index (χ0v) is 13.4. The zero-order chi connectivity index (χ0) is 17.1. The van der Waals surface area contributed by atoms with Crippen molar-refractivity contribution in [3.63, 3.8) is 0 Å². The van der Waals surface area contributed by atoms with Gasteiger partial charge < -0.3 is 4.90 Å². The van der Waals surface area contributed by atoms with E-state index in [0.29, 0.717) is 16.8 Å². The average Bonchev–Trinajstić information content (AvgIpc) is 3.02. The van der Waals surface area contributed by atoms with Gasteiger partial charge in [-0.2, -0.15) is 5.10 Å². The van der Waals surface area contributed by atoms with Crippen LogP contribution in [0.5, 0.6) is 0 Å². The molecule has 0 bridgehead atoms. The summed E-state index contributed by atoms with van der Waals surface area (Å²) in [5, 5.41) is 4.03. The van der Waals surface area contributed by atoms with E-state index in [1.807, 2.05) is 12.1 Å². The molecule has 3 rings (SSSR count). The third kappa shape index (κ3) is 3.17. The number of halogens is 1. The largest absolute Gasteiger partial charge is 0.329 e. The lowest BCUT2D eigenvalue weighted by Gasteiger charge is -2.28. The van der Waals surface area contributed by atoms with Gasteiger partial charge in [0.2, 0.25) is 0 Å². The predicted octanol–water partition coefficient (Wildman–Crippen LogP) is 2.82. The van der Waals surface area contributed by atoms with E-state index in [2.05, 4.69) is 10.1 Å². The van der Waals surface area contributed by atoms with E-state index in [1.54, 1.807) is 54.3 Å². The SMILES string of the molecule is CN(C(=O)c1cnn(C)c1)[C@@H](c1cccc(F)c1)c1ccccn1. The van der Waals surface area contributed by atoms with Gasteiger partial charge in [0, 0.05) is 26.5 Å². The first-order valence-corrected chi connectivity index (χ1v) is 7.48. The number of hydrogen-bond acceptors (Lipinski definition) is 3. The number of carbonyl (C=O) groups excluding carboxylic acids is 1. The molecule has 0 aliphatic rings. The summed E-state index contributed by atoms with van der Waals surface area (Å²) in [5.74, 6) is -0.557. The quantitative estimate of drug-likeness (QED) is 0.741. The van der Waals surface area contributed by atoms with E-state index < -0.39 is 6.04 Å². The Morgan fingerprint density at radius 2 is 2.08 bits per heavy atom. The molecule has 0 spiro atoms. The van der Waals surface area contributed by atoms with Gasteiger partial charge in [0.25, 0.3) is 5.91 Å². The van der Waals surface area contributed by atoms with Crippen molar-refractivity contribution in [3.8, 4) is 0 Å². The van der Waals surface area contributed by atoms with Gasteiger partial charge in [-0.25, -0.2) is 4.39 Å². The molecule has 0 fully saturated rings. The van der Waals surface area contributed by atoms with Crippen LogP contribution in [-0.2, 0) is 7.05 Å². The fourth-order valence-electron chi connectivity index (χ4n) is 2.66. The number of rotatable bonds is 4. The van der Waals surface area contributed by atoms with Crippen molar-refractivity contribution in [2.75, 3.05) is 7.05 Å². The molecular formula is C18H17FN4O. The van der Waals surface area contributed by atoms with Crippen molar-refractivity contribution in [2.24, 2.45) is 7.05 Å². The van der Waals surface area contributed by atoms with Gasteiger partial charge in [-0.1, -0.05) is 18.2 Å². The summed E-state index contributed by atoms with van der Waals surface area (Å²) in [4.78, 5) is 18.7. The molecule has 0 aliphatic carbocycles. The molecular weight excluding hydrogens is 307 g/mol. The van der Waals surface area contributed by atoms with Crippen LogP contribution in [0.25, 0.3) is 0 Å². The van der Waals surface area contributed by atoms with Gasteiger partial charge in [0.05, 0.1) is 23.5 Å². The van der Waals surface area contributed by atoms with E-state index in [9.17, 15) is 9.18 Å². The predicted molar refractivity (Wildman–Crippen MR) is 87.8 cm³/mol. The summed E-state index contributed by atoms with van der Waals surface area (Å²) >= 11 is 0. The first-order valence-electron chi connectivity index (χ1n) is 7.48. The standard InChI is InChI=1S/C18H17FN4O/c1-22-12-14(11-21-22)18(24)23(2)17(16-8-3-4-9-20-16)13-6-5-7-15(19)10-13/h3-12,17H,1-2H3/t17-/m0/s1. The first-order chi connectivity index (χ1) is 11.6. The number of benzene rings is 1. The molecule has 1 aromatic carbocycles. The number of hydrogen-bond donors (Lipinski definition) is 0. The monoisotopic (exact) mass is 324 g/mol. The second kappa shape index (κ2) is 6.62. The molecule has 0 N–H and O–H groups in total. The lowest BCUT2D eigenvalue weighted by Crippen LogP contribution is -2.32. The number of amides is 1. The van der Waals surface area contributed by atoms with Crippen LogP contribution in [-0.4, -0.2) is 32.6 Å². The number of carbonyl (C=O) groups is 1. The molecule has 0 unspecified atom stereocenters. The molecule has 0 saturated heterocycles. The molecule has 0 aliphatic heterocycles. The van der Waals surface area contributed by atoms with Gasteiger partial charge in [0.15, 0.2) is 0 Å². The van der Waals surface area contributed by atoms with Crippen molar-refractivity contribution in [1.29, 1.82) is 0 Å². The van der Waals surface area contributed by atoms with Gasteiger partial charge in [-0.05, 0) is 29.8 Å². The van der Waals surface area contributed by atoms with Crippen LogP contribution in [0.1, 0.15) is 27.7 Å². The number of pyridine rings is 1. The van der Waals surface area contributed by atoms with Crippen LogP contribution in [0.15, 0.2) is 61.1 Å².